The van der Waals surface area contributed by atoms with E-state index in [4.69, 9.17) is 25.8 Å². The van der Waals surface area contributed by atoms with E-state index >= 15 is 0 Å². The molecule has 11 nitrogen and oxygen atoms in total. The summed E-state index contributed by atoms with van der Waals surface area (Å²) in [5, 5.41) is 24.2. The summed E-state index contributed by atoms with van der Waals surface area (Å²) in [5.74, 6) is -0.974. The Kier molecular flexibility index (Phi) is 11.2. The zero-order chi connectivity index (χ0) is 37.0. The van der Waals surface area contributed by atoms with Crippen LogP contribution in [0.1, 0.15) is 65.9 Å². The van der Waals surface area contributed by atoms with E-state index in [-0.39, 0.29) is 31.8 Å². The molecule has 12 heteroatoms. The Morgan fingerprint density at radius 2 is 1.55 bits per heavy atom. The number of likely N-dealkylation sites (tertiary alicyclic amines) is 1. The van der Waals surface area contributed by atoms with Crippen molar-refractivity contribution >= 4 is 35.2 Å². The van der Waals surface area contributed by atoms with Crippen LogP contribution in [0.5, 0.6) is 0 Å². The van der Waals surface area contributed by atoms with Crippen LogP contribution in [0, 0.1) is 0 Å². The van der Waals surface area contributed by atoms with Crippen LogP contribution in [0.3, 0.4) is 0 Å². The minimum Gasteiger partial charge on any atom is -0.445 e. The summed E-state index contributed by atoms with van der Waals surface area (Å²) < 4.78 is 18.3. The summed E-state index contributed by atoms with van der Waals surface area (Å²) in [7, 11) is 0. The molecule has 3 saturated heterocycles. The third-order valence-corrected chi connectivity index (χ3v) is 10.5. The SMILES string of the molecule is O=C(NC1CC(=O)N(c2ccc([C@H]3O[C@@H](CN4CCC(O)(c5ccc(Cl)cc5)CC4)C[C@@H](c4ccc(CO)cc4)O3)cc2)C1=O)OCc1ccccc1. The molecule has 3 N–H and O–H groups in total. The number of amides is 3. The van der Waals surface area contributed by atoms with Gasteiger partial charge in [-0.1, -0.05) is 90.5 Å². The number of alkyl carbamates (subject to hydrolysis) is 1. The number of piperidine rings is 1. The van der Waals surface area contributed by atoms with Gasteiger partial charge in [0.2, 0.25) is 5.91 Å². The number of hydrogen-bond donors (Lipinski definition) is 3. The third-order valence-electron chi connectivity index (χ3n) is 10.2. The Morgan fingerprint density at radius 1 is 0.868 bits per heavy atom. The van der Waals surface area contributed by atoms with E-state index in [1.54, 1.807) is 36.4 Å². The predicted octanol–water partition coefficient (Wildman–Crippen LogP) is 5.92. The molecular formula is C41H42ClN3O8. The molecule has 3 amide bonds. The fourth-order valence-electron chi connectivity index (χ4n) is 7.18. The van der Waals surface area contributed by atoms with Gasteiger partial charge in [-0.05, 0) is 59.4 Å². The lowest BCUT2D eigenvalue weighted by Gasteiger charge is -2.42. The van der Waals surface area contributed by atoms with Crippen molar-refractivity contribution in [3.8, 4) is 0 Å². The van der Waals surface area contributed by atoms with E-state index in [9.17, 15) is 24.6 Å². The van der Waals surface area contributed by atoms with Gasteiger partial charge in [0.15, 0.2) is 6.29 Å². The predicted molar refractivity (Wildman–Crippen MR) is 197 cm³/mol. The van der Waals surface area contributed by atoms with Crippen LogP contribution < -0.4 is 10.2 Å². The highest BCUT2D eigenvalue weighted by Crippen LogP contribution is 2.40. The van der Waals surface area contributed by atoms with Crippen molar-refractivity contribution in [1.82, 2.24) is 10.2 Å². The maximum absolute atomic E-state index is 13.3. The number of imide groups is 1. The zero-order valence-electron chi connectivity index (χ0n) is 29.1. The molecule has 1 unspecified atom stereocenters. The minimum atomic E-state index is -1.04. The maximum atomic E-state index is 13.3. The Hall–Kier alpha value is -4.62. The molecule has 4 atom stereocenters. The number of halogens is 1. The number of nitrogens with zero attached hydrogens (tertiary/aromatic N) is 2. The largest absolute Gasteiger partial charge is 0.445 e. The molecule has 0 bridgehead atoms. The molecule has 4 aromatic carbocycles. The fraction of sp³-hybridized carbons (Fsp3) is 0.341. The highest BCUT2D eigenvalue weighted by Gasteiger charge is 2.41. The third kappa shape index (κ3) is 8.62. The van der Waals surface area contributed by atoms with Crippen molar-refractivity contribution in [2.24, 2.45) is 0 Å². The summed E-state index contributed by atoms with van der Waals surface area (Å²) in [6, 6.07) is 30.1. The van der Waals surface area contributed by atoms with Gasteiger partial charge in [0.1, 0.15) is 12.6 Å². The Labute approximate surface area is 313 Å². The second-order valence-corrected chi connectivity index (χ2v) is 14.2. The van der Waals surface area contributed by atoms with E-state index in [2.05, 4.69) is 10.2 Å². The number of aliphatic hydroxyl groups excluding tert-OH is 1. The summed E-state index contributed by atoms with van der Waals surface area (Å²) in [4.78, 5) is 42.1. The van der Waals surface area contributed by atoms with Crippen LogP contribution in [0.15, 0.2) is 103 Å². The standard InChI is InChI=1S/C41H42ClN3O8/c42-32-14-12-31(13-15-32)41(50)18-20-44(21-19-41)24-34-22-36(29-8-6-27(25-46)7-9-29)53-39(52-34)30-10-16-33(17-11-30)45-37(47)23-35(38(45)48)43-40(49)51-26-28-4-2-1-3-5-28/h1-17,34-36,39,46,50H,18-26H2,(H,43,49)/t34-,35?,36+,39+/m1/s1. The number of carbonyl (C=O) groups is 3. The molecule has 4 aromatic rings. The van der Waals surface area contributed by atoms with Gasteiger partial charge in [-0.25, -0.2) is 9.69 Å². The number of aliphatic hydroxyl groups is 2. The van der Waals surface area contributed by atoms with Crippen LogP contribution in [0.2, 0.25) is 5.02 Å². The van der Waals surface area contributed by atoms with Gasteiger partial charge in [-0.3, -0.25) is 9.59 Å². The molecule has 276 valence electrons. The molecule has 3 heterocycles. The zero-order valence-corrected chi connectivity index (χ0v) is 29.9. The van der Waals surface area contributed by atoms with E-state index < -0.39 is 35.8 Å². The molecule has 0 saturated carbocycles. The average molecular weight is 740 g/mol. The number of rotatable bonds is 10. The maximum Gasteiger partial charge on any atom is 0.408 e. The van der Waals surface area contributed by atoms with E-state index in [0.29, 0.717) is 55.2 Å². The van der Waals surface area contributed by atoms with Crippen molar-refractivity contribution < 1.29 is 38.8 Å². The monoisotopic (exact) mass is 739 g/mol. The lowest BCUT2D eigenvalue weighted by Crippen LogP contribution is -2.46. The lowest BCUT2D eigenvalue weighted by molar-refractivity contribution is -0.253. The van der Waals surface area contributed by atoms with Crippen LogP contribution in [-0.2, 0) is 42.6 Å². The summed E-state index contributed by atoms with van der Waals surface area (Å²) in [6.45, 7) is 2.00. The summed E-state index contributed by atoms with van der Waals surface area (Å²) in [5.41, 5.74) is 3.60. The first-order valence-electron chi connectivity index (χ1n) is 17.8. The molecule has 3 aliphatic heterocycles. The number of hydrogen-bond acceptors (Lipinski definition) is 9. The van der Waals surface area contributed by atoms with Gasteiger partial charge in [0.25, 0.3) is 5.91 Å². The van der Waals surface area contributed by atoms with Gasteiger partial charge in [-0.15, -0.1) is 0 Å². The number of benzene rings is 4. The van der Waals surface area contributed by atoms with E-state index in [1.807, 2.05) is 66.7 Å². The number of carbonyl (C=O) groups excluding carboxylic acids is 3. The van der Waals surface area contributed by atoms with Crippen molar-refractivity contribution in [2.45, 2.75) is 69.0 Å². The highest BCUT2D eigenvalue weighted by molar-refractivity contribution is 6.30. The smallest absolute Gasteiger partial charge is 0.408 e. The van der Waals surface area contributed by atoms with Crippen molar-refractivity contribution in [2.75, 3.05) is 24.5 Å². The molecule has 3 fully saturated rings. The Bertz CT molecular complexity index is 1880. The molecule has 53 heavy (non-hydrogen) atoms. The molecule has 0 aliphatic carbocycles. The number of anilines is 1. The Morgan fingerprint density at radius 3 is 2.23 bits per heavy atom. The molecule has 0 radical (unpaired) electrons. The Balaban J connectivity index is 1.01. The second-order valence-electron chi connectivity index (χ2n) is 13.8. The van der Waals surface area contributed by atoms with Gasteiger partial charge in [-0.2, -0.15) is 0 Å². The van der Waals surface area contributed by atoms with E-state index in [0.717, 1.165) is 27.2 Å². The number of ether oxygens (including phenoxy) is 3. The normalized spacial score (nSPS) is 23.2. The quantitative estimate of drug-likeness (QED) is 0.169. The van der Waals surface area contributed by atoms with Gasteiger partial charge >= 0.3 is 6.09 Å². The van der Waals surface area contributed by atoms with Gasteiger partial charge in [0.05, 0.1) is 36.5 Å². The topological polar surface area (TPSA) is 138 Å². The summed E-state index contributed by atoms with van der Waals surface area (Å²) >= 11 is 6.08. The molecule has 7 rings (SSSR count). The molecule has 0 aromatic heterocycles. The average Bonchev–Trinajstić information content (AvgIpc) is 3.46. The van der Waals surface area contributed by atoms with Crippen LogP contribution in [-0.4, -0.2) is 64.8 Å². The van der Waals surface area contributed by atoms with E-state index in [1.165, 1.54) is 0 Å². The fourth-order valence-corrected chi connectivity index (χ4v) is 7.30. The minimum absolute atomic E-state index is 0.0411. The molecular weight excluding hydrogens is 698 g/mol. The highest BCUT2D eigenvalue weighted by atomic mass is 35.5. The van der Waals surface area contributed by atoms with Gasteiger partial charge in [0, 0.05) is 36.6 Å². The van der Waals surface area contributed by atoms with Crippen LogP contribution in [0.4, 0.5) is 10.5 Å². The molecule has 3 aliphatic rings. The number of nitrogens with one attached hydrogen (secondary N) is 1. The van der Waals surface area contributed by atoms with Crippen molar-refractivity contribution in [1.29, 1.82) is 0 Å². The lowest BCUT2D eigenvalue weighted by atomic mass is 9.84. The van der Waals surface area contributed by atoms with Crippen LogP contribution in [0.25, 0.3) is 0 Å². The first-order valence-corrected chi connectivity index (χ1v) is 18.2. The van der Waals surface area contributed by atoms with Crippen LogP contribution >= 0.6 is 11.6 Å². The van der Waals surface area contributed by atoms with Crippen molar-refractivity contribution in [3.63, 3.8) is 0 Å². The first-order chi connectivity index (χ1) is 25.7. The summed E-state index contributed by atoms with van der Waals surface area (Å²) in [6.07, 6.45) is -0.431. The second kappa shape index (κ2) is 16.2. The first kappa shape index (κ1) is 36.7. The molecule has 0 spiro atoms. The van der Waals surface area contributed by atoms with Gasteiger partial charge < -0.3 is 34.6 Å². The van der Waals surface area contributed by atoms with Crippen molar-refractivity contribution in [3.05, 3.63) is 136 Å².